The summed E-state index contributed by atoms with van der Waals surface area (Å²) in [6, 6.07) is 8.10. The van der Waals surface area contributed by atoms with Crippen LogP contribution in [0.2, 0.25) is 0 Å². The minimum Gasteiger partial charge on any atom is -0.311 e. The summed E-state index contributed by atoms with van der Waals surface area (Å²) in [7, 11) is 0. The number of urea groups is 1. The zero-order chi connectivity index (χ0) is 16.8. The number of rotatable bonds is 4. The Morgan fingerprint density at radius 2 is 1.83 bits per heavy atom. The van der Waals surface area contributed by atoms with Gasteiger partial charge in [-0.1, -0.05) is 6.07 Å². The summed E-state index contributed by atoms with van der Waals surface area (Å²) in [5.74, 6) is 0.115. The molecule has 0 radical (unpaired) electrons. The molecule has 9 heteroatoms. The second kappa shape index (κ2) is 6.98. The Kier molecular flexibility index (Phi) is 4.82. The Morgan fingerprint density at radius 3 is 2.43 bits per heavy atom. The Morgan fingerprint density at radius 1 is 1.09 bits per heavy atom. The van der Waals surface area contributed by atoms with Crippen LogP contribution in [0.5, 0.6) is 0 Å². The van der Waals surface area contributed by atoms with Gasteiger partial charge >= 0.3 is 6.03 Å². The number of nitro benzene ring substituents is 1. The van der Waals surface area contributed by atoms with Crippen molar-refractivity contribution in [3.63, 3.8) is 0 Å². The van der Waals surface area contributed by atoms with Gasteiger partial charge in [-0.25, -0.2) is 9.78 Å². The molecule has 2 aromatic rings. The standard InChI is InChI=1S/C14H13N5O4/c1-9(20)16-13-6-5-11(8-15-13)18-14(21)17-10-3-2-4-12(7-10)19(22)23/h2-8H,1H3,(H,15,16,20)(H2,17,18,21). The van der Waals surface area contributed by atoms with Crippen molar-refractivity contribution in [3.8, 4) is 0 Å². The maximum atomic E-state index is 11.8. The van der Waals surface area contributed by atoms with Gasteiger partial charge in [-0.2, -0.15) is 0 Å². The molecule has 0 atom stereocenters. The molecule has 9 nitrogen and oxygen atoms in total. The smallest absolute Gasteiger partial charge is 0.311 e. The van der Waals surface area contributed by atoms with Crippen molar-refractivity contribution in [2.75, 3.05) is 16.0 Å². The van der Waals surface area contributed by atoms with Crippen LogP contribution in [-0.2, 0) is 4.79 Å². The molecule has 0 unspecified atom stereocenters. The van der Waals surface area contributed by atoms with Crippen LogP contribution in [-0.4, -0.2) is 21.8 Å². The van der Waals surface area contributed by atoms with Gasteiger partial charge in [0.2, 0.25) is 5.91 Å². The predicted molar refractivity (Wildman–Crippen MR) is 84.3 cm³/mol. The van der Waals surface area contributed by atoms with E-state index >= 15 is 0 Å². The number of benzene rings is 1. The maximum Gasteiger partial charge on any atom is 0.323 e. The van der Waals surface area contributed by atoms with Gasteiger partial charge in [-0.3, -0.25) is 14.9 Å². The highest BCUT2D eigenvalue weighted by molar-refractivity contribution is 6.00. The van der Waals surface area contributed by atoms with Crippen LogP contribution in [0, 0.1) is 10.1 Å². The first kappa shape index (κ1) is 15.9. The third-order valence-electron chi connectivity index (χ3n) is 2.64. The van der Waals surface area contributed by atoms with Crippen LogP contribution in [0.3, 0.4) is 0 Å². The first-order valence-electron chi connectivity index (χ1n) is 6.50. The van der Waals surface area contributed by atoms with Crippen LogP contribution in [0.15, 0.2) is 42.6 Å². The SMILES string of the molecule is CC(=O)Nc1ccc(NC(=O)Nc2cccc([N+](=O)[O-])c2)cn1. The summed E-state index contributed by atoms with van der Waals surface area (Å²) < 4.78 is 0. The summed E-state index contributed by atoms with van der Waals surface area (Å²) in [6.07, 6.45) is 1.37. The van der Waals surface area contributed by atoms with Crippen molar-refractivity contribution in [1.29, 1.82) is 0 Å². The van der Waals surface area contributed by atoms with E-state index < -0.39 is 11.0 Å². The molecule has 0 aliphatic carbocycles. The van der Waals surface area contributed by atoms with Crippen LogP contribution < -0.4 is 16.0 Å². The van der Waals surface area contributed by atoms with Gasteiger partial charge in [0.25, 0.3) is 5.69 Å². The van der Waals surface area contributed by atoms with Crippen molar-refractivity contribution in [1.82, 2.24) is 4.98 Å². The Bertz CT molecular complexity index is 745. The average molecular weight is 315 g/mol. The molecule has 2 rings (SSSR count). The third-order valence-corrected chi connectivity index (χ3v) is 2.64. The molecule has 0 aliphatic rings. The largest absolute Gasteiger partial charge is 0.323 e. The average Bonchev–Trinajstić information content (AvgIpc) is 2.49. The minimum atomic E-state index is -0.570. The molecule has 118 valence electrons. The van der Waals surface area contributed by atoms with E-state index in [0.29, 0.717) is 17.2 Å². The Balaban J connectivity index is 1.98. The molecule has 0 saturated carbocycles. The number of carbonyl (C=O) groups excluding carboxylic acids is 2. The number of pyridine rings is 1. The number of non-ortho nitro benzene ring substituents is 1. The molecule has 23 heavy (non-hydrogen) atoms. The molecule has 0 spiro atoms. The van der Waals surface area contributed by atoms with E-state index in [0.717, 1.165) is 0 Å². The summed E-state index contributed by atoms with van der Waals surface area (Å²) in [4.78, 5) is 36.8. The Hall–Kier alpha value is -3.49. The highest BCUT2D eigenvalue weighted by atomic mass is 16.6. The molecule has 0 aliphatic heterocycles. The fourth-order valence-electron chi connectivity index (χ4n) is 1.71. The number of anilines is 3. The fraction of sp³-hybridized carbons (Fsp3) is 0.0714. The second-order valence-corrected chi connectivity index (χ2v) is 4.50. The van der Waals surface area contributed by atoms with E-state index in [1.807, 2.05) is 0 Å². The van der Waals surface area contributed by atoms with Crippen LogP contribution >= 0.6 is 0 Å². The Labute approximate surface area is 130 Å². The molecule has 3 amide bonds. The zero-order valence-electron chi connectivity index (χ0n) is 12.1. The molecule has 1 aromatic carbocycles. The van der Waals surface area contributed by atoms with Gasteiger partial charge in [-0.15, -0.1) is 0 Å². The van der Waals surface area contributed by atoms with Gasteiger partial charge < -0.3 is 16.0 Å². The van der Waals surface area contributed by atoms with E-state index in [2.05, 4.69) is 20.9 Å². The number of nitrogens with one attached hydrogen (secondary N) is 3. The monoisotopic (exact) mass is 315 g/mol. The molecular formula is C14H13N5O4. The van der Waals surface area contributed by atoms with Crippen LogP contribution in [0.1, 0.15) is 6.92 Å². The van der Waals surface area contributed by atoms with Crippen molar-refractivity contribution >= 4 is 34.8 Å². The molecule has 1 heterocycles. The van der Waals surface area contributed by atoms with Gasteiger partial charge in [-0.05, 0) is 18.2 Å². The molecule has 0 bridgehead atoms. The number of amides is 3. The van der Waals surface area contributed by atoms with Gasteiger partial charge in [0, 0.05) is 24.7 Å². The van der Waals surface area contributed by atoms with Crippen molar-refractivity contribution in [3.05, 3.63) is 52.7 Å². The number of hydrogen-bond acceptors (Lipinski definition) is 5. The zero-order valence-corrected chi connectivity index (χ0v) is 12.1. The van der Waals surface area contributed by atoms with Gasteiger partial charge in [0.15, 0.2) is 0 Å². The quantitative estimate of drug-likeness (QED) is 0.590. The predicted octanol–water partition coefficient (Wildman–Crippen LogP) is 2.59. The number of hydrogen-bond donors (Lipinski definition) is 3. The first-order chi connectivity index (χ1) is 10.9. The van der Waals surface area contributed by atoms with E-state index in [-0.39, 0.29) is 11.6 Å². The topological polar surface area (TPSA) is 126 Å². The lowest BCUT2D eigenvalue weighted by atomic mass is 10.3. The molecule has 1 aromatic heterocycles. The van der Waals surface area contributed by atoms with Crippen molar-refractivity contribution in [2.45, 2.75) is 6.92 Å². The van der Waals surface area contributed by atoms with Crippen LogP contribution in [0.4, 0.5) is 27.7 Å². The number of aromatic nitrogens is 1. The van der Waals surface area contributed by atoms with E-state index in [1.165, 1.54) is 43.5 Å². The molecule has 0 fully saturated rings. The van der Waals surface area contributed by atoms with E-state index in [4.69, 9.17) is 0 Å². The van der Waals surface area contributed by atoms with E-state index in [1.54, 1.807) is 6.07 Å². The van der Waals surface area contributed by atoms with Crippen LogP contribution in [0.25, 0.3) is 0 Å². The number of nitro groups is 1. The lowest BCUT2D eigenvalue weighted by Gasteiger charge is -2.08. The molecular weight excluding hydrogens is 302 g/mol. The molecule has 0 saturated heterocycles. The van der Waals surface area contributed by atoms with Gasteiger partial charge in [0.1, 0.15) is 5.82 Å². The van der Waals surface area contributed by atoms with E-state index in [9.17, 15) is 19.7 Å². The van der Waals surface area contributed by atoms with Crippen molar-refractivity contribution in [2.24, 2.45) is 0 Å². The summed E-state index contributed by atoms with van der Waals surface area (Å²) in [6.45, 7) is 1.36. The minimum absolute atomic E-state index is 0.121. The van der Waals surface area contributed by atoms with Gasteiger partial charge in [0.05, 0.1) is 16.8 Å². The second-order valence-electron chi connectivity index (χ2n) is 4.50. The third kappa shape index (κ3) is 4.77. The fourth-order valence-corrected chi connectivity index (χ4v) is 1.71. The summed E-state index contributed by atoms with van der Waals surface area (Å²) >= 11 is 0. The number of carbonyl (C=O) groups is 2. The number of nitrogens with zero attached hydrogens (tertiary/aromatic N) is 2. The highest BCUT2D eigenvalue weighted by Gasteiger charge is 2.08. The maximum absolute atomic E-state index is 11.8. The molecule has 3 N–H and O–H groups in total. The first-order valence-corrected chi connectivity index (χ1v) is 6.50. The summed E-state index contributed by atoms with van der Waals surface area (Å²) in [5, 5.41) is 18.2. The lowest BCUT2D eigenvalue weighted by molar-refractivity contribution is -0.384. The lowest BCUT2D eigenvalue weighted by Crippen LogP contribution is -2.19. The summed E-state index contributed by atoms with van der Waals surface area (Å²) in [5.41, 5.74) is 0.575. The highest BCUT2D eigenvalue weighted by Crippen LogP contribution is 2.17. The normalized spacial score (nSPS) is 9.78. The van der Waals surface area contributed by atoms with Crippen molar-refractivity contribution < 1.29 is 14.5 Å².